The average molecular weight is 238 g/mol. The molecular weight excluding hydrogens is 224 g/mol. The molecule has 0 atom stereocenters. The van der Waals surface area contributed by atoms with Gasteiger partial charge in [-0.05, 0) is 29.8 Å². The summed E-state index contributed by atoms with van der Waals surface area (Å²) >= 11 is 0. The lowest BCUT2D eigenvalue weighted by molar-refractivity contribution is 1.11. The third-order valence-corrected chi connectivity index (χ3v) is 2.53. The monoisotopic (exact) mass is 238 g/mol. The lowest BCUT2D eigenvalue weighted by atomic mass is 10.1. The van der Waals surface area contributed by atoms with Crippen molar-refractivity contribution < 1.29 is 0 Å². The zero-order valence-electron chi connectivity index (χ0n) is 10.1. The van der Waals surface area contributed by atoms with E-state index in [0.717, 1.165) is 17.2 Å². The van der Waals surface area contributed by atoms with Crippen LogP contribution in [0.15, 0.2) is 42.5 Å². The smallest absolute Gasteiger partial charge is 0.128 e. The van der Waals surface area contributed by atoms with E-state index in [1.54, 1.807) is 6.07 Å². The van der Waals surface area contributed by atoms with E-state index in [1.807, 2.05) is 43.4 Å². The molecule has 0 amide bonds. The summed E-state index contributed by atoms with van der Waals surface area (Å²) in [5.74, 6) is 1.63. The van der Waals surface area contributed by atoms with E-state index in [1.165, 1.54) is 0 Å². The highest BCUT2D eigenvalue weighted by molar-refractivity contribution is 5.45. The summed E-state index contributed by atoms with van der Waals surface area (Å²) in [7, 11) is 1.84. The Kier molecular flexibility index (Phi) is 3.77. The minimum Gasteiger partial charge on any atom is -0.373 e. The summed E-state index contributed by atoms with van der Waals surface area (Å²) in [6.07, 6.45) is 0. The Hall–Kier alpha value is -2.54. The fraction of sp³-hybridized carbons (Fsp3) is 0.143. The van der Waals surface area contributed by atoms with Crippen molar-refractivity contribution in [3.05, 3.63) is 53.6 Å². The van der Waals surface area contributed by atoms with E-state index in [4.69, 9.17) is 5.26 Å². The van der Waals surface area contributed by atoms with Gasteiger partial charge in [-0.1, -0.05) is 18.2 Å². The predicted molar refractivity (Wildman–Crippen MR) is 72.3 cm³/mol. The molecule has 90 valence electrons. The number of nitrogens with one attached hydrogen (secondary N) is 2. The molecule has 0 radical (unpaired) electrons. The highest BCUT2D eigenvalue weighted by Gasteiger charge is 1.98. The number of hydrogen-bond acceptors (Lipinski definition) is 4. The maximum atomic E-state index is 8.82. The van der Waals surface area contributed by atoms with E-state index in [0.29, 0.717) is 12.1 Å². The predicted octanol–water partition coefficient (Wildman–Crippen LogP) is 2.61. The van der Waals surface area contributed by atoms with Crippen LogP contribution in [0.2, 0.25) is 0 Å². The molecule has 18 heavy (non-hydrogen) atoms. The molecule has 0 saturated heterocycles. The summed E-state index contributed by atoms with van der Waals surface area (Å²) in [4.78, 5) is 4.36. The third kappa shape index (κ3) is 2.98. The molecule has 2 N–H and O–H groups in total. The van der Waals surface area contributed by atoms with Crippen LogP contribution in [0.4, 0.5) is 11.6 Å². The highest BCUT2D eigenvalue weighted by atomic mass is 15.0. The summed E-state index contributed by atoms with van der Waals surface area (Å²) < 4.78 is 0. The summed E-state index contributed by atoms with van der Waals surface area (Å²) in [6.45, 7) is 0.648. The van der Waals surface area contributed by atoms with Crippen molar-refractivity contribution in [1.82, 2.24) is 4.98 Å². The highest BCUT2D eigenvalue weighted by Crippen LogP contribution is 2.11. The van der Waals surface area contributed by atoms with Crippen molar-refractivity contribution >= 4 is 11.6 Å². The lowest BCUT2D eigenvalue weighted by Gasteiger charge is -2.07. The van der Waals surface area contributed by atoms with Gasteiger partial charge >= 0.3 is 0 Å². The first kappa shape index (κ1) is 11.9. The SMILES string of the molecule is CNc1cccc(NCc2cccc(C#N)c2)n1. The zero-order chi connectivity index (χ0) is 12.8. The maximum absolute atomic E-state index is 8.82. The van der Waals surface area contributed by atoms with Crippen molar-refractivity contribution in [3.63, 3.8) is 0 Å². The molecular formula is C14H14N4. The van der Waals surface area contributed by atoms with E-state index in [9.17, 15) is 0 Å². The second-order valence-electron chi connectivity index (χ2n) is 3.82. The van der Waals surface area contributed by atoms with Crippen molar-refractivity contribution in [2.24, 2.45) is 0 Å². The fourth-order valence-corrected chi connectivity index (χ4v) is 1.62. The van der Waals surface area contributed by atoms with Gasteiger partial charge in [-0.15, -0.1) is 0 Å². The van der Waals surface area contributed by atoms with Crippen LogP contribution in [-0.4, -0.2) is 12.0 Å². The molecule has 0 fully saturated rings. The second-order valence-corrected chi connectivity index (χ2v) is 3.82. The Morgan fingerprint density at radius 2 is 1.94 bits per heavy atom. The van der Waals surface area contributed by atoms with Crippen LogP contribution < -0.4 is 10.6 Å². The van der Waals surface area contributed by atoms with Crippen molar-refractivity contribution in [1.29, 1.82) is 5.26 Å². The van der Waals surface area contributed by atoms with Gasteiger partial charge in [0.15, 0.2) is 0 Å². The van der Waals surface area contributed by atoms with E-state index in [2.05, 4.69) is 21.7 Å². The Morgan fingerprint density at radius 3 is 2.72 bits per heavy atom. The van der Waals surface area contributed by atoms with Crippen LogP contribution in [0.1, 0.15) is 11.1 Å². The number of aromatic nitrogens is 1. The first-order valence-corrected chi connectivity index (χ1v) is 5.69. The number of nitriles is 1. The first-order valence-electron chi connectivity index (χ1n) is 5.69. The molecule has 0 unspecified atom stereocenters. The molecule has 2 rings (SSSR count). The van der Waals surface area contributed by atoms with Crippen LogP contribution in [-0.2, 0) is 6.54 Å². The quantitative estimate of drug-likeness (QED) is 0.859. The largest absolute Gasteiger partial charge is 0.373 e. The number of benzene rings is 1. The maximum Gasteiger partial charge on any atom is 0.128 e. The van der Waals surface area contributed by atoms with E-state index >= 15 is 0 Å². The van der Waals surface area contributed by atoms with Gasteiger partial charge in [0.25, 0.3) is 0 Å². The molecule has 0 aliphatic heterocycles. The fourth-order valence-electron chi connectivity index (χ4n) is 1.62. The zero-order valence-corrected chi connectivity index (χ0v) is 10.1. The standard InChI is InChI=1S/C14H14N4/c1-16-13-6-3-7-14(18-13)17-10-12-5-2-4-11(8-12)9-15/h2-8H,10H2,1H3,(H2,16,17,18). The Labute approximate surface area is 106 Å². The first-order chi connectivity index (χ1) is 8.81. The van der Waals surface area contributed by atoms with Gasteiger partial charge in [0, 0.05) is 13.6 Å². The molecule has 0 aliphatic rings. The third-order valence-electron chi connectivity index (χ3n) is 2.53. The summed E-state index contributed by atoms with van der Waals surface area (Å²) in [5.41, 5.74) is 1.73. The molecule has 0 bridgehead atoms. The molecule has 1 aromatic heterocycles. The van der Waals surface area contributed by atoms with Crippen LogP contribution in [0.25, 0.3) is 0 Å². The summed E-state index contributed by atoms with van der Waals surface area (Å²) in [5, 5.41) is 15.0. The number of hydrogen-bond donors (Lipinski definition) is 2. The average Bonchev–Trinajstić information content (AvgIpc) is 2.45. The minimum absolute atomic E-state index is 0.648. The van der Waals surface area contributed by atoms with E-state index < -0.39 is 0 Å². The number of rotatable bonds is 4. The Bertz CT molecular complexity index is 572. The lowest BCUT2D eigenvalue weighted by Crippen LogP contribution is -2.02. The molecule has 4 nitrogen and oxygen atoms in total. The molecule has 0 saturated carbocycles. The normalized spacial score (nSPS) is 9.56. The molecule has 1 heterocycles. The van der Waals surface area contributed by atoms with Gasteiger partial charge in [-0.3, -0.25) is 0 Å². The molecule has 0 aliphatic carbocycles. The Balaban J connectivity index is 2.04. The minimum atomic E-state index is 0.648. The van der Waals surface area contributed by atoms with Crippen molar-refractivity contribution in [2.75, 3.05) is 17.7 Å². The van der Waals surface area contributed by atoms with Gasteiger partial charge in [-0.25, -0.2) is 4.98 Å². The Morgan fingerprint density at radius 1 is 1.17 bits per heavy atom. The topological polar surface area (TPSA) is 60.7 Å². The van der Waals surface area contributed by atoms with Crippen LogP contribution in [0.3, 0.4) is 0 Å². The van der Waals surface area contributed by atoms with Gasteiger partial charge in [0.05, 0.1) is 11.6 Å². The van der Waals surface area contributed by atoms with Gasteiger partial charge in [0.1, 0.15) is 11.6 Å². The van der Waals surface area contributed by atoms with Crippen LogP contribution >= 0.6 is 0 Å². The van der Waals surface area contributed by atoms with E-state index in [-0.39, 0.29) is 0 Å². The molecule has 0 spiro atoms. The van der Waals surface area contributed by atoms with Gasteiger partial charge in [-0.2, -0.15) is 5.26 Å². The van der Waals surface area contributed by atoms with Gasteiger partial charge < -0.3 is 10.6 Å². The van der Waals surface area contributed by atoms with Crippen LogP contribution in [0, 0.1) is 11.3 Å². The number of pyridine rings is 1. The molecule has 1 aromatic carbocycles. The summed E-state index contributed by atoms with van der Waals surface area (Å²) in [6, 6.07) is 15.4. The number of anilines is 2. The van der Waals surface area contributed by atoms with Crippen LogP contribution in [0.5, 0.6) is 0 Å². The molecule has 4 heteroatoms. The van der Waals surface area contributed by atoms with Crippen molar-refractivity contribution in [3.8, 4) is 6.07 Å². The molecule has 2 aromatic rings. The number of nitrogens with zero attached hydrogens (tertiary/aromatic N) is 2. The van der Waals surface area contributed by atoms with Gasteiger partial charge in [0.2, 0.25) is 0 Å². The van der Waals surface area contributed by atoms with Crippen molar-refractivity contribution in [2.45, 2.75) is 6.54 Å². The second kappa shape index (κ2) is 5.69.